The Hall–Kier alpha value is -1.39. The molecule has 0 aliphatic rings. The number of nitrogens with zero attached hydrogens (tertiary/aromatic N) is 2. The Balaban J connectivity index is 2.23. The van der Waals surface area contributed by atoms with Crippen molar-refractivity contribution in [3.63, 3.8) is 0 Å². The molecule has 21 heavy (non-hydrogen) atoms. The Morgan fingerprint density at radius 3 is 2.71 bits per heavy atom. The van der Waals surface area contributed by atoms with Crippen molar-refractivity contribution in [1.29, 1.82) is 0 Å². The Kier molecular flexibility index (Phi) is 4.69. The van der Waals surface area contributed by atoms with Gasteiger partial charge in [0.05, 0.1) is 12.2 Å². The van der Waals surface area contributed by atoms with Gasteiger partial charge in [-0.3, -0.25) is 0 Å². The fraction of sp³-hybridized carbons (Fsp3) is 0.438. The molecule has 1 aromatic carbocycles. The molecule has 114 valence electrons. The van der Waals surface area contributed by atoms with Crippen molar-refractivity contribution in [3.8, 4) is 0 Å². The van der Waals surface area contributed by atoms with E-state index in [0.29, 0.717) is 18.1 Å². The lowest BCUT2D eigenvalue weighted by Gasteiger charge is -2.21. The lowest BCUT2D eigenvalue weighted by Crippen LogP contribution is -2.35. The van der Waals surface area contributed by atoms with E-state index in [1.165, 1.54) is 12.1 Å². The molecule has 0 unspecified atom stereocenters. The highest BCUT2D eigenvalue weighted by molar-refractivity contribution is 6.31. The van der Waals surface area contributed by atoms with Crippen LogP contribution >= 0.6 is 11.6 Å². The van der Waals surface area contributed by atoms with Gasteiger partial charge in [0.15, 0.2) is 0 Å². The van der Waals surface area contributed by atoms with Gasteiger partial charge in [0, 0.05) is 23.3 Å². The summed E-state index contributed by atoms with van der Waals surface area (Å²) in [4.78, 5) is 4.35. The first kappa shape index (κ1) is 16.0. The highest BCUT2D eigenvalue weighted by Gasteiger charge is 2.13. The molecule has 0 aliphatic heterocycles. The van der Waals surface area contributed by atoms with Crippen LogP contribution < -0.4 is 5.32 Å². The van der Waals surface area contributed by atoms with Gasteiger partial charge in [-0.1, -0.05) is 11.6 Å². The molecule has 1 N–H and O–H groups in total. The average Bonchev–Trinajstić information content (AvgIpc) is 2.72. The molecule has 0 fully saturated rings. The molecule has 0 aliphatic carbocycles. The fourth-order valence-electron chi connectivity index (χ4n) is 2.06. The summed E-state index contributed by atoms with van der Waals surface area (Å²) in [6.07, 6.45) is 1.85. The summed E-state index contributed by atoms with van der Waals surface area (Å²) in [7, 11) is 0. The van der Waals surface area contributed by atoms with E-state index in [9.17, 15) is 4.39 Å². The first-order valence-electron chi connectivity index (χ1n) is 6.96. The quantitative estimate of drug-likeness (QED) is 0.927. The number of halogens is 2. The largest absolute Gasteiger partial charge is 0.327 e. The molecule has 0 atom stereocenters. The molecular formula is C16H21ClFN3. The van der Waals surface area contributed by atoms with Gasteiger partial charge >= 0.3 is 0 Å². The number of hydrogen-bond donors (Lipinski definition) is 1. The van der Waals surface area contributed by atoms with Crippen LogP contribution in [0.5, 0.6) is 0 Å². The minimum absolute atomic E-state index is 0.0273. The van der Waals surface area contributed by atoms with Crippen LogP contribution in [0.4, 0.5) is 4.39 Å². The Bertz CT molecular complexity index is 629. The van der Waals surface area contributed by atoms with Crippen molar-refractivity contribution < 1.29 is 4.39 Å². The summed E-state index contributed by atoms with van der Waals surface area (Å²) in [6.45, 7) is 9.51. The molecule has 5 heteroatoms. The SMILES string of the molecule is Cc1ncc(CNC(C)(C)C)n1Cc1cc(F)ccc1Cl. The van der Waals surface area contributed by atoms with Crippen LogP contribution in [-0.2, 0) is 13.1 Å². The average molecular weight is 310 g/mol. The second-order valence-electron chi connectivity index (χ2n) is 6.22. The minimum atomic E-state index is -0.276. The smallest absolute Gasteiger partial charge is 0.123 e. The normalized spacial score (nSPS) is 11.9. The van der Waals surface area contributed by atoms with E-state index in [0.717, 1.165) is 17.1 Å². The first-order valence-corrected chi connectivity index (χ1v) is 7.34. The maximum atomic E-state index is 13.4. The molecule has 2 aromatic rings. The lowest BCUT2D eigenvalue weighted by atomic mass is 10.1. The lowest BCUT2D eigenvalue weighted by molar-refractivity contribution is 0.416. The van der Waals surface area contributed by atoms with Crippen LogP contribution in [0.25, 0.3) is 0 Å². The topological polar surface area (TPSA) is 29.9 Å². The van der Waals surface area contributed by atoms with Crippen LogP contribution in [-0.4, -0.2) is 15.1 Å². The molecule has 3 nitrogen and oxygen atoms in total. The molecule has 0 saturated carbocycles. The van der Waals surface area contributed by atoms with E-state index >= 15 is 0 Å². The van der Waals surface area contributed by atoms with E-state index < -0.39 is 0 Å². The number of imidazole rings is 1. The third-order valence-electron chi connectivity index (χ3n) is 3.27. The summed E-state index contributed by atoms with van der Waals surface area (Å²) in [5, 5.41) is 4.00. The molecule has 2 rings (SSSR count). The van der Waals surface area contributed by atoms with Crippen LogP contribution in [0, 0.1) is 12.7 Å². The fourth-order valence-corrected chi connectivity index (χ4v) is 2.24. The molecule has 0 saturated heterocycles. The van der Waals surface area contributed by atoms with Gasteiger partial charge in [-0.25, -0.2) is 9.37 Å². The van der Waals surface area contributed by atoms with E-state index in [2.05, 4.69) is 35.6 Å². The second kappa shape index (κ2) is 6.16. The highest BCUT2D eigenvalue weighted by Crippen LogP contribution is 2.20. The van der Waals surface area contributed by atoms with Crippen molar-refractivity contribution in [3.05, 3.63) is 52.3 Å². The minimum Gasteiger partial charge on any atom is -0.327 e. The Morgan fingerprint density at radius 2 is 2.05 bits per heavy atom. The van der Waals surface area contributed by atoms with Crippen LogP contribution in [0.2, 0.25) is 5.02 Å². The van der Waals surface area contributed by atoms with Crippen molar-refractivity contribution in [2.75, 3.05) is 0 Å². The maximum absolute atomic E-state index is 13.4. The summed E-state index contributed by atoms with van der Waals surface area (Å²) < 4.78 is 15.4. The Labute approximate surface area is 130 Å². The molecule has 0 radical (unpaired) electrons. The first-order chi connectivity index (χ1) is 9.76. The van der Waals surface area contributed by atoms with Crippen molar-refractivity contribution in [2.24, 2.45) is 0 Å². The van der Waals surface area contributed by atoms with E-state index in [1.807, 2.05) is 13.1 Å². The van der Waals surface area contributed by atoms with E-state index in [1.54, 1.807) is 6.07 Å². The van der Waals surface area contributed by atoms with Gasteiger partial charge in [0.25, 0.3) is 0 Å². The third kappa shape index (κ3) is 4.29. The molecule has 1 heterocycles. The maximum Gasteiger partial charge on any atom is 0.123 e. The zero-order valence-corrected chi connectivity index (χ0v) is 13.6. The number of hydrogen-bond acceptors (Lipinski definition) is 2. The van der Waals surface area contributed by atoms with E-state index in [4.69, 9.17) is 11.6 Å². The predicted octanol–water partition coefficient (Wildman–Crippen LogP) is 3.92. The summed E-state index contributed by atoms with van der Waals surface area (Å²) >= 11 is 6.15. The molecule has 0 spiro atoms. The molecule has 0 amide bonds. The van der Waals surface area contributed by atoms with Crippen LogP contribution in [0.1, 0.15) is 37.9 Å². The standard InChI is InChI=1S/C16H21ClFN3/c1-11-19-8-14(9-20-16(2,3)4)21(11)10-12-7-13(18)5-6-15(12)17/h5-8,20H,9-10H2,1-4H3. The van der Waals surface area contributed by atoms with Crippen LogP contribution in [0.15, 0.2) is 24.4 Å². The second-order valence-corrected chi connectivity index (χ2v) is 6.63. The number of benzene rings is 1. The number of aryl methyl sites for hydroxylation is 1. The monoisotopic (exact) mass is 309 g/mol. The zero-order valence-electron chi connectivity index (χ0n) is 12.9. The number of nitrogens with one attached hydrogen (secondary N) is 1. The van der Waals surface area contributed by atoms with Gasteiger partial charge in [-0.05, 0) is 51.5 Å². The van der Waals surface area contributed by atoms with Gasteiger partial charge in [-0.2, -0.15) is 0 Å². The highest BCUT2D eigenvalue weighted by atomic mass is 35.5. The molecule has 0 bridgehead atoms. The summed E-state index contributed by atoms with van der Waals surface area (Å²) in [6, 6.07) is 4.43. The summed E-state index contributed by atoms with van der Waals surface area (Å²) in [5.41, 5.74) is 1.84. The van der Waals surface area contributed by atoms with Gasteiger partial charge in [0.1, 0.15) is 11.6 Å². The van der Waals surface area contributed by atoms with Gasteiger partial charge in [-0.15, -0.1) is 0 Å². The molecule has 1 aromatic heterocycles. The summed E-state index contributed by atoms with van der Waals surface area (Å²) in [5.74, 6) is 0.613. The van der Waals surface area contributed by atoms with Crippen molar-refractivity contribution in [1.82, 2.24) is 14.9 Å². The number of aromatic nitrogens is 2. The van der Waals surface area contributed by atoms with Crippen LogP contribution in [0.3, 0.4) is 0 Å². The predicted molar refractivity (Wildman–Crippen MR) is 84.1 cm³/mol. The molecular weight excluding hydrogens is 289 g/mol. The van der Waals surface area contributed by atoms with Gasteiger partial charge in [0.2, 0.25) is 0 Å². The third-order valence-corrected chi connectivity index (χ3v) is 3.64. The van der Waals surface area contributed by atoms with Crippen molar-refractivity contribution >= 4 is 11.6 Å². The van der Waals surface area contributed by atoms with Gasteiger partial charge < -0.3 is 9.88 Å². The Morgan fingerprint density at radius 1 is 1.33 bits per heavy atom. The number of rotatable bonds is 4. The van der Waals surface area contributed by atoms with E-state index in [-0.39, 0.29) is 11.4 Å². The van der Waals surface area contributed by atoms with Crippen molar-refractivity contribution in [2.45, 2.75) is 46.3 Å². The zero-order chi connectivity index (χ0) is 15.6.